The average molecular weight is 541 g/mol. The molecule has 1 saturated heterocycles. The van der Waals surface area contributed by atoms with Crippen molar-refractivity contribution in [2.24, 2.45) is 0 Å². The van der Waals surface area contributed by atoms with E-state index in [1.165, 1.54) is 13.2 Å². The summed E-state index contributed by atoms with van der Waals surface area (Å²) in [5.41, 5.74) is 1.98. The van der Waals surface area contributed by atoms with E-state index in [4.69, 9.17) is 16.3 Å². The zero-order chi connectivity index (χ0) is 27.7. The molecular weight excluding hydrogens is 514 g/mol. The van der Waals surface area contributed by atoms with E-state index < -0.39 is 35.1 Å². The van der Waals surface area contributed by atoms with E-state index in [1.54, 1.807) is 31.2 Å². The highest BCUT2D eigenvalue weighted by molar-refractivity contribution is 6.51. The minimum absolute atomic E-state index is 0.0305. The highest BCUT2D eigenvalue weighted by atomic mass is 35.5. The van der Waals surface area contributed by atoms with Crippen LogP contribution >= 0.6 is 11.6 Å². The van der Waals surface area contributed by atoms with Crippen LogP contribution in [0.2, 0.25) is 5.02 Å². The van der Waals surface area contributed by atoms with Crippen molar-refractivity contribution >= 4 is 40.4 Å². The van der Waals surface area contributed by atoms with Crippen LogP contribution in [0.5, 0.6) is 5.75 Å². The van der Waals surface area contributed by atoms with Gasteiger partial charge in [0.1, 0.15) is 11.5 Å². The molecule has 3 aromatic rings. The third kappa shape index (κ3) is 4.72. The number of Topliss-reactive ketones (excluding diaryl/α,β-unsaturated/α-hetero) is 1. The van der Waals surface area contributed by atoms with E-state index in [9.17, 15) is 23.5 Å². The molecule has 0 spiro atoms. The van der Waals surface area contributed by atoms with Gasteiger partial charge in [0.2, 0.25) is 0 Å². The lowest BCUT2D eigenvalue weighted by molar-refractivity contribution is -0.132. The number of hydrogen-bond acceptors (Lipinski definition) is 5. The number of methoxy groups -OCH3 is 1. The van der Waals surface area contributed by atoms with Crippen LogP contribution < -0.4 is 14.5 Å². The highest BCUT2D eigenvalue weighted by Gasteiger charge is 2.47. The maximum Gasteiger partial charge on any atom is 0.300 e. The van der Waals surface area contributed by atoms with Crippen molar-refractivity contribution in [3.63, 3.8) is 0 Å². The Balaban J connectivity index is 1.98. The quantitative estimate of drug-likeness (QED) is 0.213. The van der Waals surface area contributed by atoms with Crippen LogP contribution in [-0.4, -0.2) is 37.0 Å². The number of ketones is 1. The van der Waals surface area contributed by atoms with Gasteiger partial charge in [0, 0.05) is 30.5 Å². The fraction of sp³-hybridized carbons (Fsp3) is 0.241. The van der Waals surface area contributed by atoms with Gasteiger partial charge in [0.15, 0.2) is 11.6 Å². The molecule has 1 aliphatic heterocycles. The number of hydrogen-bond donors (Lipinski definition) is 1. The van der Waals surface area contributed by atoms with Gasteiger partial charge in [-0.1, -0.05) is 23.7 Å². The van der Waals surface area contributed by atoms with Gasteiger partial charge in [-0.3, -0.25) is 14.5 Å². The Hall–Kier alpha value is -3.91. The second-order valence-electron chi connectivity index (χ2n) is 8.86. The second kappa shape index (κ2) is 10.8. The lowest BCUT2D eigenvalue weighted by Gasteiger charge is -2.27. The first kappa shape index (κ1) is 27.1. The fourth-order valence-corrected chi connectivity index (χ4v) is 5.11. The number of aryl methyl sites for hydroxylation is 1. The van der Waals surface area contributed by atoms with Crippen LogP contribution in [0.1, 0.15) is 36.6 Å². The molecular formula is C29H27ClF2N2O4. The van der Waals surface area contributed by atoms with Gasteiger partial charge in [-0.2, -0.15) is 0 Å². The summed E-state index contributed by atoms with van der Waals surface area (Å²) >= 11 is 6.33. The average Bonchev–Trinajstić information content (AvgIpc) is 3.16. The zero-order valence-electron chi connectivity index (χ0n) is 21.4. The van der Waals surface area contributed by atoms with E-state index in [2.05, 4.69) is 4.90 Å². The van der Waals surface area contributed by atoms with Crippen LogP contribution in [-0.2, 0) is 9.59 Å². The topological polar surface area (TPSA) is 70.1 Å². The van der Waals surface area contributed by atoms with Crippen molar-refractivity contribution in [1.29, 1.82) is 0 Å². The summed E-state index contributed by atoms with van der Waals surface area (Å²) < 4.78 is 33.3. The summed E-state index contributed by atoms with van der Waals surface area (Å²) in [6.07, 6.45) is 0. The number of halogens is 3. The number of rotatable bonds is 7. The Morgan fingerprint density at radius 3 is 2.26 bits per heavy atom. The van der Waals surface area contributed by atoms with Crippen molar-refractivity contribution in [3.8, 4) is 5.75 Å². The first-order valence-electron chi connectivity index (χ1n) is 12.1. The van der Waals surface area contributed by atoms with Crippen molar-refractivity contribution in [2.75, 3.05) is 30.0 Å². The standard InChI is InChI=1S/C29H27ClF2N2O4/c1-5-33(6-2)18-9-7-17(8-10-18)25-24(26(35)20-13-16(3)14-21(30)28(20)38-4)27(36)29(37)34(25)19-11-12-22(31)23(32)15-19/h7-15,25,35H,5-6H2,1-4H3/b26-24+. The van der Waals surface area contributed by atoms with Crippen LogP contribution in [0.3, 0.4) is 0 Å². The molecule has 1 aliphatic rings. The van der Waals surface area contributed by atoms with Gasteiger partial charge in [0.05, 0.1) is 29.3 Å². The van der Waals surface area contributed by atoms with Crippen molar-refractivity contribution in [3.05, 3.63) is 93.5 Å². The summed E-state index contributed by atoms with van der Waals surface area (Å²) in [5.74, 6) is -4.60. The van der Waals surface area contributed by atoms with Crippen LogP contribution in [0, 0.1) is 18.6 Å². The molecule has 1 unspecified atom stereocenters. The van der Waals surface area contributed by atoms with Gasteiger partial charge in [-0.15, -0.1) is 0 Å². The van der Waals surface area contributed by atoms with Crippen LogP contribution in [0.4, 0.5) is 20.2 Å². The number of carbonyl (C=O) groups excluding carboxylic acids is 2. The summed E-state index contributed by atoms with van der Waals surface area (Å²) in [6.45, 7) is 7.35. The zero-order valence-corrected chi connectivity index (χ0v) is 22.1. The molecule has 198 valence electrons. The molecule has 0 bridgehead atoms. The molecule has 9 heteroatoms. The molecule has 4 rings (SSSR count). The van der Waals surface area contributed by atoms with Crippen molar-refractivity contribution in [1.82, 2.24) is 0 Å². The summed E-state index contributed by atoms with van der Waals surface area (Å²) in [5, 5.41) is 11.7. The minimum Gasteiger partial charge on any atom is -0.507 e. The lowest BCUT2D eigenvalue weighted by Crippen LogP contribution is -2.29. The SMILES string of the molecule is CCN(CC)c1ccc(C2/C(=C(\O)c3cc(C)cc(Cl)c3OC)C(=O)C(=O)N2c2ccc(F)c(F)c2)cc1. The smallest absolute Gasteiger partial charge is 0.300 e. The maximum absolute atomic E-state index is 14.2. The Bertz CT molecular complexity index is 1440. The molecule has 1 amide bonds. The molecule has 0 radical (unpaired) electrons. The minimum atomic E-state index is -1.17. The normalized spacial score (nSPS) is 16.7. The molecule has 0 aromatic heterocycles. The molecule has 1 fully saturated rings. The Morgan fingerprint density at radius 2 is 1.68 bits per heavy atom. The van der Waals surface area contributed by atoms with Gasteiger partial charge >= 0.3 is 0 Å². The molecule has 3 aromatic carbocycles. The summed E-state index contributed by atoms with van der Waals surface area (Å²) in [7, 11) is 1.37. The number of nitrogens with zero attached hydrogens (tertiary/aromatic N) is 2. The Kier molecular flexibility index (Phi) is 7.73. The highest BCUT2D eigenvalue weighted by Crippen LogP contribution is 2.45. The molecule has 0 saturated carbocycles. The fourth-order valence-electron chi connectivity index (χ4n) is 4.76. The van der Waals surface area contributed by atoms with Crippen LogP contribution in [0.15, 0.2) is 60.2 Å². The van der Waals surface area contributed by atoms with Gasteiger partial charge in [-0.05, 0) is 68.3 Å². The first-order valence-corrected chi connectivity index (χ1v) is 12.5. The molecule has 38 heavy (non-hydrogen) atoms. The van der Waals surface area contributed by atoms with Gasteiger partial charge in [-0.25, -0.2) is 8.78 Å². The monoisotopic (exact) mass is 540 g/mol. The number of benzene rings is 3. The number of ether oxygens (including phenoxy) is 1. The summed E-state index contributed by atoms with van der Waals surface area (Å²) in [6, 6.07) is 12.2. The van der Waals surface area contributed by atoms with E-state index in [0.717, 1.165) is 35.8 Å². The number of aliphatic hydroxyl groups excluding tert-OH is 1. The molecule has 1 N–H and O–H groups in total. The number of anilines is 2. The third-order valence-electron chi connectivity index (χ3n) is 6.61. The van der Waals surface area contributed by atoms with E-state index in [1.807, 2.05) is 26.0 Å². The number of amides is 1. The molecule has 1 heterocycles. The van der Waals surface area contributed by atoms with Crippen molar-refractivity contribution in [2.45, 2.75) is 26.8 Å². The van der Waals surface area contributed by atoms with E-state index in [-0.39, 0.29) is 27.6 Å². The third-order valence-corrected chi connectivity index (χ3v) is 6.89. The molecule has 6 nitrogen and oxygen atoms in total. The Morgan fingerprint density at radius 1 is 1.03 bits per heavy atom. The van der Waals surface area contributed by atoms with Crippen LogP contribution in [0.25, 0.3) is 5.76 Å². The number of carbonyl (C=O) groups is 2. The predicted molar refractivity (Wildman–Crippen MR) is 144 cm³/mol. The summed E-state index contributed by atoms with van der Waals surface area (Å²) in [4.78, 5) is 29.9. The number of aliphatic hydroxyl groups is 1. The van der Waals surface area contributed by atoms with E-state index >= 15 is 0 Å². The van der Waals surface area contributed by atoms with E-state index in [0.29, 0.717) is 11.1 Å². The first-order chi connectivity index (χ1) is 18.1. The second-order valence-corrected chi connectivity index (χ2v) is 9.27. The Labute approximate surface area is 224 Å². The van der Waals surface area contributed by atoms with Gasteiger partial charge in [0.25, 0.3) is 11.7 Å². The van der Waals surface area contributed by atoms with Crippen molar-refractivity contribution < 1.29 is 28.2 Å². The maximum atomic E-state index is 14.2. The van der Waals surface area contributed by atoms with Gasteiger partial charge < -0.3 is 14.7 Å². The predicted octanol–water partition coefficient (Wildman–Crippen LogP) is 6.41. The lowest BCUT2D eigenvalue weighted by atomic mass is 9.94. The molecule has 0 aliphatic carbocycles. The molecule has 1 atom stereocenters. The largest absolute Gasteiger partial charge is 0.507 e.